The van der Waals surface area contributed by atoms with Crippen LogP contribution in [0.4, 0.5) is 45.8 Å². The highest BCUT2D eigenvalue weighted by atomic mass is 32.2. The number of amidine groups is 4. The lowest BCUT2D eigenvalue weighted by atomic mass is 10.1. The molecule has 4 aliphatic rings. The molecule has 10 aromatic rings. The molecule has 6 bridgehead atoms. The van der Waals surface area contributed by atoms with Crippen molar-refractivity contribution in [2.45, 2.75) is 49.1 Å². The fraction of sp³-hybridized carbons (Fsp3) is 0.0968. The summed E-state index contributed by atoms with van der Waals surface area (Å²) in [5, 5.41) is 1.29. The normalized spacial score (nSPS) is 15.4. The minimum atomic E-state index is -4.96. The summed E-state index contributed by atoms with van der Waals surface area (Å²) < 4.78 is 140. The number of nitrogens with zero attached hydrogens (tertiary/aromatic N) is 10. The largest absolute Gasteiger partial charge is 0.755 e. The molecule has 8 aromatic carbocycles. The van der Waals surface area contributed by atoms with Crippen LogP contribution in [0.15, 0.2) is 234 Å². The monoisotopic (exact) mass is 1340 g/mol. The van der Waals surface area contributed by atoms with E-state index in [-0.39, 0.29) is 78.1 Å². The Hall–Kier alpha value is -8.99. The zero-order valence-corrected chi connectivity index (χ0v) is 55.4. The van der Waals surface area contributed by atoms with Crippen LogP contribution in [0.5, 0.6) is 0 Å². The van der Waals surface area contributed by atoms with E-state index in [2.05, 4.69) is 9.44 Å². The first-order valence-corrected chi connectivity index (χ1v) is 41.9. The summed E-state index contributed by atoms with van der Waals surface area (Å²) in [6.45, 7) is 12.0. The maximum Gasteiger partial charge on any atom is 0.582 e. The van der Waals surface area contributed by atoms with E-state index in [4.69, 9.17) is 38.2 Å². The molecule has 22 nitrogen and oxygen atoms in total. The van der Waals surface area contributed by atoms with Crippen LogP contribution in [0, 0.1) is 0 Å². The second-order valence-electron chi connectivity index (χ2n) is 23.4. The Labute approximate surface area is 530 Å². The summed E-state index contributed by atoms with van der Waals surface area (Å²) in [6, 6.07) is 53.0. The Morgan fingerprint density at radius 3 is 1.35 bits per heavy atom. The molecule has 458 valence electrons. The van der Waals surface area contributed by atoms with Gasteiger partial charge in [-0.05, 0) is 161 Å². The van der Waals surface area contributed by atoms with E-state index in [0.29, 0.717) is 55.6 Å². The first-order valence-electron chi connectivity index (χ1n) is 28.3. The van der Waals surface area contributed by atoms with Gasteiger partial charge in [0.15, 0.2) is 40.0 Å². The molecule has 2 atom stereocenters. The number of nitrogens with one attached hydrogen (secondary N) is 2. The number of aromatic nitrogens is 2. The number of hydrogen-bond donors (Lipinski definition) is 2. The highest BCUT2D eigenvalue weighted by Gasteiger charge is 2.57. The number of aliphatic imine (C=N–C) groups is 4. The summed E-state index contributed by atoms with van der Waals surface area (Å²) in [5.74, 6) is 0.412. The van der Waals surface area contributed by atoms with E-state index in [9.17, 15) is 34.4 Å². The van der Waals surface area contributed by atoms with Crippen LogP contribution in [-0.4, -0.2) is 91.7 Å². The lowest BCUT2D eigenvalue weighted by molar-refractivity contribution is 0.340. The number of para-hydroxylation sites is 4. The van der Waals surface area contributed by atoms with Gasteiger partial charge >= 0.3 is 8.88 Å². The standard InChI is InChI=1S/C62H54N12O10S4Si3/c1-89(2,3)83-91(84-90(4,5)6)73-59-49-32-28-44(72(86(77)78)42-25-17-10-18-26-42)36-53(49)61(73)65-56-48-33-29-45(87(79,80)69-39-19-11-7-12-20-39)37-52(48)58(64-56)68-60-50-34-30-46(88(81,82)70-40-21-13-8-14-22-40)38-54(50)62(74(60)91)66-55-47-31-27-43(35-51(47)57(63-55)67-59)71(85(75)76)41-23-15-9-16-24-41/h7-38,69-70H,1-6H3,(H,75,76)(H,77,78)/p-2. The van der Waals surface area contributed by atoms with Crippen LogP contribution < -0.4 is 29.0 Å². The molecule has 2 N–H and O–H groups in total. The number of anilines is 6. The van der Waals surface area contributed by atoms with Crippen molar-refractivity contribution in [3.63, 3.8) is 0 Å². The highest BCUT2D eigenvalue weighted by molar-refractivity contribution is 7.93. The van der Waals surface area contributed by atoms with Crippen LogP contribution in [0.3, 0.4) is 0 Å². The molecule has 2 aromatic heterocycles. The predicted molar refractivity (Wildman–Crippen MR) is 359 cm³/mol. The third-order valence-corrected chi connectivity index (χ3v) is 28.1. The number of benzene rings is 8. The van der Waals surface area contributed by atoms with Gasteiger partial charge in [-0.1, -0.05) is 72.8 Å². The Bertz CT molecular complexity index is 5260. The molecule has 4 aliphatic heterocycles. The summed E-state index contributed by atoms with van der Waals surface area (Å²) in [6.07, 6.45) is 0. The van der Waals surface area contributed by atoms with Crippen LogP contribution >= 0.6 is 0 Å². The minimum absolute atomic E-state index is 0.00787. The van der Waals surface area contributed by atoms with Crippen molar-refractivity contribution in [1.29, 1.82) is 0 Å². The zero-order valence-electron chi connectivity index (χ0n) is 49.2. The SMILES string of the molecule is C[Si](C)(C)O[Si]1(O[Si](C)(C)C)n2c3c4cc(S(=O)(=O)Nc5ccccc5)ccc4c2N=C2N=C(N=c4c5cc(N(c6ccccc6)S(=O)[O-])ccc5c(n41)=NC1=NC(=N3)c3ccc(N(c4ccccc4)S(=O)[O-])cc31)c1ccc(S(=O)(=O)Nc3ccccc3)cc12. The quantitative estimate of drug-likeness (QED) is 0.0681. The highest BCUT2D eigenvalue weighted by Crippen LogP contribution is 2.46. The van der Waals surface area contributed by atoms with Crippen molar-refractivity contribution in [2.75, 3.05) is 18.1 Å². The summed E-state index contributed by atoms with van der Waals surface area (Å²) in [5.41, 5.74) is 3.38. The summed E-state index contributed by atoms with van der Waals surface area (Å²) >= 11 is -5.73. The van der Waals surface area contributed by atoms with Gasteiger partial charge < -0.3 is 17.3 Å². The molecule has 6 heterocycles. The van der Waals surface area contributed by atoms with E-state index in [1.54, 1.807) is 178 Å². The number of sulfonamides is 2. The Balaban J connectivity index is 1.18. The first-order chi connectivity index (χ1) is 43.4. The predicted octanol–water partition coefficient (Wildman–Crippen LogP) is 10.5. The van der Waals surface area contributed by atoms with Gasteiger partial charge in [0.05, 0.1) is 55.1 Å². The third-order valence-electron chi connectivity index (χ3n) is 14.9. The van der Waals surface area contributed by atoms with Crippen molar-refractivity contribution in [3.05, 3.63) is 227 Å². The Kier molecular flexibility index (Phi) is 14.5. The molecule has 91 heavy (non-hydrogen) atoms. The second-order valence-corrected chi connectivity index (χ2v) is 40.5. The third kappa shape index (κ3) is 10.7. The molecule has 0 fully saturated rings. The second kappa shape index (κ2) is 22.2. The maximum absolute atomic E-state index is 14.8. The molecule has 0 aliphatic carbocycles. The van der Waals surface area contributed by atoms with E-state index in [0.717, 1.165) is 8.61 Å². The van der Waals surface area contributed by atoms with Gasteiger partial charge in [-0.25, -0.2) is 46.8 Å². The van der Waals surface area contributed by atoms with Gasteiger partial charge in [0.1, 0.15) is 22.6 Å². The molecule has 0 spiro atoms. The van der Waals surface area contributed by atoms with Crippen molar-refractivity contribution in [3.8, 4) is 0 Å². The molecule has 0 radical (unpaired) electrons. The first kappa shape index (κ1) is 59.6. The summed E-state index contributed by atoms with van der Waals surface area (Å²) in [4.78, 5) is 32.2. The number of rotatable bonds is 16. The lowest BCUT2D eigenvalue weighted by Crippen LogP contribution is -2.69. The van der Waals surface area contributed by atoms with Gasteiger partial charge in [-0.3, -0.25) is 34.9 Å². The zero-order chi connectivity index (χ0) is 63.5. The molecule has 0 saturated carbocycles. The molecule has 14 rings (SSSR count). The average molecular weight is 1340 g/mol. The fourth-order valence-electron chi connectivity index (χ4n) is 11.4. The van der Waals surface area contributed by atoms with Crippen LogP contribution in [-0.2, 0) is 50.8 Å². The summed E-state index contributed by atoms with van der Waals surface area (Å²) in [7, 11) is -19.8. The fourth-order valence-corrected chi connectivity index (χ4v) is 25.0. The van der Waals surface area contributed by atoms with Crippen LogP contribution in [0.25, 0.3) is 21.5 Å². The molecule has 2 unspecified atom stereocenters. The van der Waals surface area contributed by atoms with Gasteiger partial charge in [-0.15, -0.1) is 0 Å². The smallest absolute Gasteiger partial charge is 0.582 e. The maximum atomic E-state index is 14.8. The van der Waals surface area contributed by atoms with Crippen LogP contribution in [0.2, 0.25) is 39.3 Å². The van der Waals surface area contributed by atoms with Crippen LogP contribution in [0.1, 0.15) is 22.3 Å². The molecule has 0 saturated heterocycles. The number of fused-ring (bicyclic) bond motifs is 14. The Morgan fingerprint density at radius 2 is 0.824 bits per heavy atom. The van der Waals surface area contributed by atoms with E-state index in [1.165, 1.54) is 24.3 Å². The molecule has 0 amide bonds. The average Bonchev–Trinajstić information content (AvgIpc) is 1.54. The van der Waals surface area contributed by atoms with Gasteiger partial charge in [0.2, 0.25) is 0 Å². The van der Waals surface area contributed by atoms with E-state index in [1.807, 2.05) is 39.3 Å². The van der Waals surface area contributed by atoms with Crippen molar-refractivity contribution < 1.29 is 42.6 Å². The lowest BCUT2D eigenvalue weighted by Gasteiger charge is -2.41. The molecular weight excluding hydrogens is 1290 g/mol. The van der Waals surface area contributed by atoms with E-state index < -0.39 is 68.1 Å². The molecular formula is C62H52N12O10S4Si3-2. The van der Waals surface area contributed by atoms with Crippen molar-refractivity contribution in [2.24, 2.45) is 30.0 Å². The van der Waals surface area contributed by atoms with Crippen molar-refractivity contribution >= 4 is 159 Å². The van der Waals surface area contributed by atoms with Gasteiger partial charge in [-0.2, -0.15) is 0 Å². The minimum Gasteiger partial charge on any atom is -0.755 e. The number of hydrogen-bond acceptors (Lipinski definition) is 16. The van der Waals surface area contributed by atoms with E-state index >= 15 is 0 Å². The van der Waals surface area contributed by atoms with Gasteiger partial charge in [0, 0.05) is 55.2 Å². The Morgan fingerprint density at radius 1 is 0.418 bits per heavy atom. The molecule has 29 heteroatoms. The van der Waals surface area contributed by atoms with Gasteiger partial charge in [0.25, 0.3) is 20.0 Å². The van der Waals surface area contributed by atoms with Crippen molar-refractivity contribution in [1.82, 2.24) is 8.47 Å². The topological polar surface area (TPSA) is 282 Å².